The molecule has 0 fully saturated rings. The third-order valence-electron chi connectivity index (χ3n) is 4.37. The Labute approximate surface area is 167 Å². The number of carbonyl (C=O) groups excluding carboxylic acids is 1. The molecule has 29 heavy (non-hydrogen) atoms. The fraction of sp³-hybridized carbons (Fsp3) is 0.250. The van der Waals surface area contributed by atoms with E-state index >= 15 is 0 Å². The van der Waals surface area contributed by atoms with Gasteiger partial charge in [0.15, 0.2) is 0 Å². The van der Waals surface area contributed by atoms with Crippen LogP contribution in [0.15, 0.2) is 53.9 Å². The molecule has 1 heterocycles. The lowest BCUT2D eigenvalue weighted by Gasteiger charge is -2.27. The predicted molar refractivity (Wildman–Crippen MR) is 105 cm³/mol. The number of hydrogen-bond acceptors (Lipinski definition) is 4. The third-order valence-corrected chi connectivity index (χ3v) is 5.73. The Balaban J connectivity index is 2.01. The van der Waals surface area contributed by atoms with Crippen molar-refractivity contribution in [1.29, 1.82) is 0 Å². The maximum Gasteiger partial charge on any atom is 0.262 e. The second-order valence-corrected chi connectivity index (χ2v) is 8.95. The van der Waals surface area contributed by atoms with E-state index in [1.807, 2.05) is 0 Å². The smallest absolute Gasteiger partial charge is 0.262 e. The molecule has 0 aliphatic carbocycles. The van der Waals surface area contributed by atoms with Gasteiger partial charge in [-0.3, -0.25) is 9.52 Å². The molecule has 0 saturated carbocycles. The van der Waals surface area contributed by atoms with Gasteiger partial charge in [0.2, 0.25) is 5.91 Å². The van der Waals surface area contributed by atoms with Crippen molar-refractivity contribution < 1.29 is 26.7 Å². The van der Waals surface area contributed by atoms with Gasteiger partial charge < -0.3 is 9.64 Å². The zero-order chi connectivity index (χ0) is 21.4. The Morgan fingerprint density at radius 2 is 1.86 bits per heavy atom. The highest BCUT2D eigenvalue weighted by molar-refractivity contribution is 7.92. The third kappa shape index (κ3) is 4.24. The summed E-state index contributed by atoms with van der Waals surface area (Å²) in [7, 11) is -4.25. The van der Waals surface area contributed by atoms with E-state index in [1.54, 1.807) is 19.9 Å². The number of carbonyl (C=O) groups is 1. The van der Waals surface area contributed by atoms with E-state index in [0.717, 1.165) is 0 Å². The standard InChI is InChI=1S/C20H20F2N2O4S/c1-4-7-24-17-11-15(5-6-18(17)28-12-20(2,3)19(24)25)23-29(26,27)16-9-13(21)8-14(22)10-16/h4-6,8-11,23H,1,7,12H2,2-3H3. The number of fused-ring (bicyclic) bond motifs is 1. The predicted octanol–water partition coefficient (Wildman–Crippen LogP) is 3.70. The van der Waals surface area contributed by atoms with Crippen molar-refractivity contribution in [3.63, 3.8) is 0 Å². The lowest BCUT2D eigenvalue weighted by molar-refractivity contribution is -0.127. The van der Waals surface area contributed by atoms with E-state index in [-0.39, 0.29) is 24.7 Å². The molecule has 6 nitrogen and oxygen atoms in total. The minimum Gasteiger partial charge on any atom is -0.490 e. The summed E-state index contributed by atoms with van der Waals surface area (Å²) in [5, 5.41) is 0. The van der Waals surface area contributed by atoms with Crippen molar-refractivity contribution in [2.24, 2.45) is 5.41 Å². The van der Waals surface area contributed by atoms with Crippen molar-refractivity contribution in [2.45, 2.75) is 18.7 Å². The van der Waals surface area contributed by atoms with Crippen LogP contribution in [-0.4, -0.2) is 27.5 Å². The van der Waals surface area contributed by atoms with E-state index < -0.39 is 32.0 Å². The highest BCUT2D eigenvalue weighted by Gasteiger charge is 2.37. The molecule has 2 aromatic carbocycles. The van der Waals surface area contributed by atoms with Gasteiger partial charge in [0.1, 0.15) is 24.0 Å². The molecule has 1 aliphatic rings. The fourth-order valence-corrected chi connectivity index (χ4v) is 4.01. The van der Waals surface area contributed by atoms with E-state index in [0.29, 0.717) is 29.6 Å². The molecule has 0 saturated heterocycles. The molecule has 2 aromatic rings. The lowest BCUT2D eigenvalue weighted by Crippen LogP contribution is -2.42. The average Bonchev–Trinajstić information content (AvgIpc) is 2.71. The molecule has 1 N–H and O–H groups in total. The van der Waals surface area contributed by atoms with Crippen LogP contribution in [0.3, 0.4) is 0 Å². The van der Waals surface area contributed by atoms with Crippen molar-refractivity contribution in [1.82, 2.24) is 0 Å². The number of nitrogens with zero attached hydrogens (tertiary/aromatic N) is 1. The van der Waals surface area contributed by atoms with Gasteiger partial charge in [0, 0.05) is 12.6 Å². The molecule has 9 heteroatoms. The van der Waals surface area contributed by atoms with Crippen LogP contribution in [0.25, 0.3) is 0 Å². The zero-order valence-electron chi connectivity index (χ0n) is 15.9. The van der Waals surface area contributed by atoms with Crippen LogP contribution in [0.5, 0.6) is 5.75 Å². The van der Waals surface area contributed by atoms with E-state index in [1.165, 1.54) is 23.1 Å². The average molecular weight is 422 g/mol. The molecular weight excluding hydrogens is 402 g/mol. The lowest BCUT2D eigenvalue weighted by atomic mass is 9.93. The topological polar surface area (TPSA) is 75.7 Å². The SMILES string of the molecule is C=CCN1C(=O)C(C)(C)COc2ccc(NS(=O)(=O)c3cc(F)cc(F)c3)cc21. The molecule has 0 unspecified atom stereocenters. The Hall–Kier alpha value is -2.94. The van der Waals surface area contributed by atoms with E-state index in [4.69, 9.17) is 4.74 Å². The molecule has 3 rings (SSSR count). The second kappa shape index (κ2) is 7.47. The second-order valence-electron chi connectivity index (χ2n) is 7.27. The molecule has 0 aromatic heterocycles. The van der Waals surface area contributed by atoms with Crippen molar-refractivity contribution in [3.05, 3.63) is 60.7 Å². The molecule has 0 bridgehead atoms. The highest BCUT2D eigenvalue weighted by Crippen LogP contribution is 2.38. The van der Waals surface area contributed by atoms with Crippen LogP contribution in [0, 0.1) is 17.0 Å². The van der Waals surface area contributed by atoms with Crippen LogP contribution in [0.2, 0.25) is 0 Å². The van der Waals surface area contributed by atoms with Gasteiger partial charge in [-0.05, 0) is 44.2 Å². The summed E-state index contributed by atoms with van der Waals surface area (Å²) in [6.45, 7) is 7.51. The number of sulfonamides is 1. The van der Waals surface area contributed by atoms with Gasteiger partial charge in [-0.15, -0.1) is 6.58 Å². The number of amides is 1. The molecule has 0 atom stereocenters. The highest BCUT2D eigenvalue weighted by atomic mass is 32.2. The van der Waals surface area contributed by atoms with Crippen molar-refractivity contribution in [3.8, 4) is 5.75 Å². The molecule has 154 valence electrons. The van der Waals surface area contributed by atoms with Crippen molar-refractivity contribution >= 4 is 27.3 Å². The Morgan fingerprint density at radius 3 is 2.48 bits per heavy atom. The maximum atomic E-state index is 13.4. The summed E-state index contributed by atoms with van der Waals surface area (Å²) in [6.07, 6.45) is 1.55. The van der Waals surface area contributed by atoms with Gasteiger partial charge in [-0.2, -0.15) is 0 Å². The summed E-state index contributed by atoms with van der Waals surface area (Å²) in [4.78, 5) is 13.8. The van der Waals surface area contributed by atoms with Gasteiger partial charge >= 0.3 is 0 Å². The molecule has 1 amide bonds. The molecular formula is C20H20F2N2O4S. The summed E-state index contributed by atoms with van der Waals surface area (Å²) in [5.41, 5.74) is -0.314. The normalized spacial score (nSPS) is 15.9. The molecule has 1 aliphatic heterocycles. The molecule has 0 spiro atoms. The first-order valence-electron chi connectivity index (χ1n) is 8.72. The zero-order valence-corrected chi connectivity index (χ0v) is 16.7. The monoisotopic (exact) mass is 422 g/mol. The Kier molecular flexibility index (Phi) is 5.36. The number of hydrogen-bond donors (Lipinski definition) is 1. The van der Waals surface area contributed by atoms with Crippen LogP contribution in [0.4, 0.5) is 20.2 Å². The van der Waals surface area contributed by atoms with Gasteiger partial charge in [-0.1, -0.05) is 6.08 Å². The summed E-state index contributed by atoms with van der Waals surface area (Å²) >= 11 is 0. The van der Waals surface area contributed by atoms with Gasteiger partial charge in [0.05, 0.1) is 21.7 Å². The van der Waals surface area contributed by atoms with Crippen LogP contribution < -0.4 is 14.4 Å². The number of nitrogens with one attached hydrogen (secondary N) is 1. The Bertz CT molecular complexity index is 1060. The number of ether oxygens (including phenoxy) is 1. The molecule has 0 radical (unpaired) electrons. The van der Waals surface area contributed by atoms with Crippen LogP contribution in [0.1, 0.15) is 13.8 Å². The minimum atomic E-state index is -4.25. The van der Waals surface area contributed by atoms with E-state index in [2.05, 4.69) is 11.3 Å². The Morgan fingerprint density at radius 1 is 1.21 bits per heavy atom. The van der Waals surface area contributed by atoms with Gasteiger partial charge in [-0.25, -0.2) is 17.2 Å². The number of anilines is 2. The first kappa shape index (κ1) is 20.8. The quantitative estimate of drug-likeness (QED) is 0.746. The van der Waals surface area contributed by atoms with Crippen LogP contribution >= 0.6 is 0 Å². The first-order chi connectivity index (χ1) is 13.5. The fourth-order valence-electron chi connectivity index (χ4n) is 2.92. The summed E-state index contributed by atoms with van der Waals surface area (Å²) < 4.78 is 59.9. The maximum absolute atomic E-state index is 13.4. The number of benzene rings is 2. The van der Waals surface area contributed by atoms with Crippen LogP contribution in [-0.2, 0) is 14.8 Å². The summed E-state index contributed by atoms with van der Waals surface area (Å²) in [6, 6.07) is 6.43. The van der Waals surface area contributed by atoms with Crippen molar-refractivity contribution in [2.75, 3.05) is 22.8 Å². The van der Waals surface area contributed by atoms with Gasteiger partial charge in [0.25, 0.3) is 10.0 Å². The first-order valence-corrected chi connectivity index (χ1v) is 10.2. The summed E-state index contributed by atoms with van der Waals surface area (Å²) in [5.74, 6) is -1.81. The number of halogens is 2. The minimum absolute atomic E-state index is 0.110. The number of rotatable bonds is 5. The largest absolute Gasteiger partial charge is 0.490 e. The van der Waals surface area contributed by atoms with E-state index in [9.17, 15) is 22.0 Å².